The topological polar surface area (TPSA) is 51.0 Å². The van der Waals surface area contributed by atoms with Gasteiger partial charge in [-0.1, -0.05) is 48.2 Å². The molecule has 1 aromatic heterocycles. The van der Waals surface area contributed by atoms with E-state index in [9.17, 15) is 9.18 Å². The molecule has 0 saturated heterocycles. The van der Waals surface area contributed by atoms with Gasteiger partial charge >= 0.3 is 0 Å². The molecule has 1 heterocycles. The van der Waals surface area contributed by atoms with Crippen LogP contribution in [0.15, 0.2) is 90.1 Å². The van der Waals surface area contributed by atoms with Crippen LogP contribution in [-0.2, 0) is 4.79 Å². The number of rotatable bonds is 7. The third-order valence-electron chi connectivity index (χ3n) is 4.76. The van der Waals surface area contributed by atoms with Crippen LogP contribution in [0.25, 0.3) is 17.1 Å². The highest BCUT2D eigenvalue weighted by Crippen LogP contribution is 2.28. The average molecular weight is 433 g/mol. The zero-order valence-electron chi connectivity index (χ0n) is 17.0. The zero-order chi connectivity index (χ0) is 21.6. The van der Waals surface area contributed by atoms with Gasteiger partial charge in [0.25, 0.3) is 0 Å². The van der Waals surface area contributed by atoms with Gasteiger partial charge in [0.05, 0.1) is 5.75 Å². The van der Waals surface area contributed by atoms with Crippen molar-refractivity contribution < 1.29 is 9.18 Å². The number of carbonyl (C=O) groups is 1. The van der Waals surface area contributed by atoms with Crippen molar-refractivity contribution in [3.05, 3.63) is 90.7 Å². The third kappa shape index (κ3) is 4.67. The summed E-state index contributed by atoms with van der Waals surface area (Å²) in [5.74, 6) is 0.494. The summed E-state index contributed by atoms with van der Waals surface area (Å²) >= 11 is 1.33. The first-order valence-corrected chi connectivity index (χ1v) is 10.9. The predicted molar refractivity (Wildman–Crippen MR) is 122 cm³/mol. The Balaban J connectivity index is 1.62. The highest BCUT2D eigenvalue weighted by molar-refractivity contribution is 7.99. The zero-order valence-corrected chi connectivity index (χ0v) is 17.8. The van der Waals surface area contributed by atoms with Crippen molar-refractivity contribution >= 4 is 23.4 Å². The number of thioether (sulfide) groups is 1. The van der Waals surface area contributed by atoms with Gasteiger partial charge in [0.1, 0.15) is 5.82 Å². The molecule has 3 aromatic carbocycles. The van der Waals surface area contributed by atoms with Crippen molar-refractivity contribution in [1.82, 2.24) is 14.8 Å². The maximum atomic E-state index is 13.4. The quantitative estimate of drug-likeness (QED) is 0.376. The molecule has 156 valence electrons. The predicted octanol–water partition coefficient (Wildman–Crippen LogP) is 5.22. The highest BCUT2D eigenvalue weighted by Gasteiger charge is 2.19. The van der Waals surface area contributed by atoms with Gasteiger partial charge in [-0.3, -0.25) is 9.36 Å². The summed E-state index contributed by atoms with van der Waals surface area (Å²) < 4.78 is 15.3. The van der Waals surface area contributed by atoms with E-state index in [1.165, 1.54) is 23.9 Å². The van der Waals surface area contributed by atoms with E-state index < -0.39 is 0 Å². The second-order valence-electron chi connectivity index (χ2n) is 6.75. The fraction of sp³-hybridized carbons (Fsp3) is 0.125. The summed E-state index contributed by atoms with van der Waals surface area (Å²) in [6.45, 7) is 2.53. The molecule has 0 N–H and O–H groups in total. The van der Waals surface area contributed by atoms with E-state index in [1.54, 1.807) is 17.0 Å². The molecule has 0 radical (unpaired) electrons. The first-order valence-electron chi connectivity index (χ1n) is 9.92. The number of hydrogen-bond donors (Lipinski definition) is 0. The fourth-order valence-corrected chi connectivity index (χ4v) is 4.10. The van der Waals surface area contributed by atoms with E-state index in [0.29, 0.717) is 17.5 Å². The molecule has 0 saturated carbocycles. The standard InChI is InChI=1S/C24H21FN4OS/c1-2-28(20-9-5-3-6-10-20)22(30)17-31-24-27-26-23(18-13-15-19(25)16-14-18)29(24)21-11-7-4-8-12-21/h3-16H,2,17H2,1H3. The van der Waals surface area contributed by atoms with E-state index >= 15 is 0 Å². The molecule has 0 aliphatic rings. The lowest BCUT2D eigenvalue weighted by Crippen LogP contribution is -2.32. The highest BCUT2D eigenvalue weighted by atomic mass is 32.2. The van der Waals surface area contributed by atoms with E-state index in [2.05, 4.69) is 10.2 Å². The molecule has 0 aliphatic heterocycles. The van der Waals surface area contributed by atoms with Crippen LogP contribution in [0.5, 0.6) is 0 Å². The molecule has 31 heavy (non-hydrogen) atoms. The molecule has 0 atom stereocenters. The van der Waals surface area contributed by atoms with Gasteiger partial charge in [-0.2, -0.15) is 0 Å². The smallest absolute Gasteiger partial charge is 0.237 e. The lowest BCUT2D eigenvalue weighted by atomic mass is 10.2. The Bertz CT molecular complexity index is 1150. The second-order valence-corrected chi connectivity index (χ2v) is 7.69. The van der Waals surface area contributed by atoms with Crippen molar-refractivity contribution in [2.45, 2.75) is 12.1 Å². The van der Waals surface area contributed by atoms with Crippen LogP contribution in [0.2, 0.25) is 0 Å². The molecule has 0 spiro atoms. The van der Waals surface area contributed by atoms with Crippen LogP contribution in [-0.4, -0.2) is 33.0 Å². The molecule has 0 fully saturated rings. The van der Waals surface area contributed by atoms with E-state index in [1.807, 2.05) is 72.2 Å². The Labute approximate surface area is 184 Å². The van der Waals surface area contributed by atoms with E-state index in [-0.39, 0.29) is 17.5 Å². The van der Waals surface area contributed by atoms with Crippen molar-refractivity contribution in [1.29, 1.82) is 0 Å². The first-order chi connectivity index (χ1) is 15.2. The number of amides is 1. The second kappa shape index (κ2) is 9.57. The monoisotopic (exact) mass is 432 g/mol. The fourth-order valence-electron chi connectivity index (χ4n) is 3.27. The molecule has 0 aliphatic carbocycles. The number of halogens is 1. The van der Waals surface area contributed by atoms with Crippen LogP contribution in [0.3, 0.4) is 0 Å². The van der Waals surface area contributed by atoms with Crippen molar-refractivity contribution in [3.63, 3.8) is 0 Å². The molecule has 0 bridgehead atoms. The van der Waals surface area contributed by atoms with Gasteiger partial charge in [0.2, 0.25) is 5.91 Å². The Morgan fingerprint density at radius 3 is 2.23 bits per heavy atom. The van der Waals surface area contributed by atoms with Crippen LogP contribution >= 0.6 is 11.8 Å². The summed E-state index contributed by atoms with van der Waals surface area (Å²) in [6.07, 6.45) is 0. The molecule has 4 rings (SSSR count). The number of anilines is 1. The van der Waals surface area contributed by atoms with Crippen LogP contribution < -0.4 is 4.90 Å². The van der Waals surface area contributed by atoms with Crippen LogP contribution in [0.1, 0.15) is 6.92 Å². The maximum Gasteiger partial charge on any atom is 0.237 e. The summed E-state index contributed by atoms with van der Waals surface area (Å²) in [6, 6.07) is 25.4. The largest absolute Gasteiger partial charge is 0.312 e. The summed E-state index contributed by atoms with van der Waals surface area (Å²) in [4.78, 5) is 14.7. The minimum atomic E-state index is -0.310. The Morgan fingerprint density at radius 2 is 1.58 bits per heavy atom. The average Bonchev–Trinajstić information content (AvgIpc) is 3.24. The number of carbonyl (C=O) groups excluding carboxylic acids is 1. The van der Waals surface area contributed by atoms with Crippen molar-refractivity contribution in [3.8, 4) is 17.1 Å². The first kappa shape index (κ1) is 20.8. The van der Waals surface area contributed by atoms with E-state index in [0.717, 1.165) is 16.9 Å². The van der Waals surface area contributed by atoms with Gasteiger partial charge in [0, 0.05) is 23.5 Å². The number of hydrogen-bond acceptors (Lipinski definition) is 4. The number of para-hydroxylation sites is 2. The maximum absolute atomic E-state index is 13.4. The SMILES string of the molecule is CCN(C(=O)CSc1nnc(-c2ccc(F)cc2)n1-c1ccccc1)c1ccccc1. The van der Waals surface area contributed by atoms with Gasteiger partial charge in [-0.15, -0.1) is 10.2 Å². The molecular weight excluding hydrogens is 411 g/mol. The number of benzene rings is 3. The van der Waals surface area contributed by atoms with Crippen molar-refractivity contribution in [2.24, 2.45) is 0 Å². The minimum absolute atomic E-state index is 0.00959. The Hall–Kier alpha value is -3.45. The van der Waals surface area contributed by atoms with Crippen LogP contribution in [0.4, 0.5) is 10.1 Å². The van der Waals surface area contributed by atoms with Gasteiger partial charge < -0.3 is 4.90 Å². The number of nitrogens with zero attached hydrogens (tertiary/aromatic N) is 4. The Morgan fingerprint density at radius 1 is 0.935 bits per heavy atom. The van der Waals surface area contributed by atoms with Gasteiger partial charge in [0.15, 0.2) is 11.0 Å². The minimum Gasteiger partial charge on any atom is -0.312 e. The lowest BCUT2D eigenvalue weighted by molar-refractivity contribution is -0.116. The van der Waals surface area contributed by atoms with Gasteiger partial charge in [-0.25, -0.2) is 4.39 Å². The van der Waals surface area contributed by atoms with Crippen LogP contribution in [0, 0.1) is 5.82 Å². The summed E-state index contributed by atoms with van der Waals surface area (Å²) in [7, 11) is 0. The van der Waals surface area contributed by atoms with Crippen molar-refractivity contribution in [2.75, 3.05) is 17.2 Å². The third-order valence-corrected chi connectivity index (χ3v) is 5.67. The molecule has 4 aromatic rings. The molecule has 7 heteroatoms. The number of aromatic nitrogens is 3. The molecule has 0 unspecified atom stereocenters. The summed E-state index contributed by atoms with van der Waals surface area (Å²) in [5, 5.41) is 9.27. The Kier molecular flexibility index (Phi) is 6.43. The molecule has 1 amide bonds. The van der Waals surface area contributed by atoms with Gasteiger partial charge in [-0.05, 0) is 55.5 Å². The summed E-state index contributed by atoms with van der Waals surface area (Å²) in [5.41, 5.74) is 2.49. The lowest BCUT2D eigenvalue weighted by Gasteiger charge is -2.20. The normalized spacial score (nSPS) is 10.8. The molecule has 5 nitrogen and oxygen atoms in total. The molecular formula is C24H21FN4OS. The van der Waals surface area contributed by atoms with E-state index in [4.69, 9.17) is 0 Å².